The van der Waals surface area contributed by atoms with Gasteiger partial charge >= 0.3 is 0 Å². The van der Waals surface area contributed by atoms with E-state index in [1.54, 1.807) is 4.90 Å². The Morgan fingerprint density at radius 3 is 2.30 bits per heavy atom. The Bertz CT molecular complexity index is 943. The summed E-state index contributed by atoms with van der Waals surface area (Å²) in [5.74, 6) is -2.01. The SMILES string of the molecule is O=C(c1ccc(F)cc1F)N1CCC(C(=O)N2CCCC2c2ccc(Br)cc2)CC1. The molecule has 0 saturated carbocycles. The third kappa shape index (κ3) is 4.26. The highest BCUT2D eigenvalue weighted by Crippen LogP contribution is 2.35. The minimum absolute atomic E-state index is 0.0959. The first-order valence-electron chi connectivity index (χ1n) is 10.2. The maximum atomic E-state index is 13.9. The highest BCUT2D eigenvalue weighted by atomic mass is 79.9. The highest BCUT2D eigenvalue weighted by Gasteiger charge is 2.36. The lowest BCUT2D eigenvalue weighted by Crippen LogP contribution is -2.44. The van der Waals surface area contributed by atoms with Crippen molar-refractivity contribution in [3.8, 4) is 0 Å². The van der Waals surface area contributed by atoms with Crippen molar-refractivity contribution in [3.05, 3.63) is 69.7 Å². The first-order chi connectivity index (χ1) is 14.4. The normalized spacial score (nSPS) is 19.9. The molecule has 0 aromatic heterocycles. The summed E-state index contributed by atoms with van der Waals surface area (Å²) in [6, 6.07) is 11.2. The maximum Gasteiger partial charge on any atom is 0.256 e. The van der Waals surface area contributed by atoms with Crippen LogP contribution in [-0.2, 0) is 4.79 Å². The fourth-order valence-electron chi connectivity index (χ4n) is 4.46. The Kier molecular flexibility index (Phi) is 6.18. The Morgan fingerprint density at radius 2 is 1.63 bits per heavy atom. The molecule has 2 aromatic rings. The zero-order valence-electron chi connectivity index (χ0n) is 16.5. The first kappa shape index (κ1) is 21.0. The molecule has 2 aliphatic heterocycles. The molecule has 2 aliphatic rings. The standard InChI is InChI=1S/C23H23BrF2N2O2/c24-17-5-3-15(4-6-17)21-2-1-11-28(21)22(29)16-9-12-27(13-10-16)23(30)19-8-7-18(25)14-20(19)26/h3-8,14,16,21H,1-2,9-13H2. The Labute approximate surface area is 183 Å². The number of rotatable bonds is 3. The lowest BCUT2D eigenvalue weighted by Gasteiger charge is -2.35. The molecule has 0 aliphatic carbocycles. The number of amides is 2. The zero-order chi connectivity index (χ0) is 21.3. The molecule has 2 saturated heterocycles. The molecule has 0 bridgehead atoms. The fraction of sp³-hybridized carbons (Fsp3) is 0.391. The monoisotopic (exact) mass is 476 g/mol. The van der Waals surface area contributed by atoms with E-state index in [0.717, 1.165) is 41.6 Å². The van der Waals surface area contributed by atoms with E-state index in [4.69, 9.17) is 0 Å². The topological polar surface area (TPSA) is 40.6 Å². The van der Waals surface area contributed by atoms with Crippen LogP contribution in [0.5, 0.6) is 0 Å². The molecule has 7 heteroatoms. The van der Waals surface area contributed by atoms with E-state index < -0.39 is 17.5 Å². The van der Waals surface area contributed by atoms with Gasteiger partial charge in [-0.05, 0) is 55.5 Å². The Balaban J connectivity index is 1.39. The number of likely N-dealkylation sites (tertiary alicyclic amines) is 2. The molecule has 2 amide bonds. The van der Waals surface area contributed by atoms with E-state index in [0.29, 0.717) is 25.9 Å². The van der Waals surface area contributed by atoms with Gasteiger partial charge in [-0.3, -0.25) is 9.59 Å². The van der Waals surface area contributed by atoms with Gasteiger partial charge in [-0.25, -0.2) is 8.78 Å². The lowest BCUT2D eigenvalue weighted by atomic mass is 9.93. The van der Waals surface area contributed by atoms with Crippen LogP contribution in [0.25, 0.3) is 0 Å². The average Bonchev–Trinajstić information content (AvgIpc) is 3.23. The van der Waals surface area contributed by atoms with Gasteiger partial charge in [0, 0.05) is 36.1 Å². The fourth-order valence-corrected chi connectivity index (χ4v) is 4.72. The molecule has 30 heavy (non-hydrogen) atoms. The molecule has 2 fully saturated rings. The Morgan fingerprint density at radius 1 is 0.933 bits per heavy atom. The molecule has 4 rings (SSSR count). The van der Waals surface area contributed by atoms with Crippen molar-refractivity contribution >= 4 is 27.7 Å². The van der Waals surface area contributed by atoms with Gasteiger partial charge in [0.15, 0.2) is 0 Å². The van der Waals surface area contributed by atoms with Gasteiger partial charge in [-0.2, -0.15) is 0 Å². The molecule has 0 spiro atoms. The molecular weight excluding hydrogens is 454 g/mol. The van der Waals surface area contributed by atoms with Crippen molar-refractivity contribution in [2.75, 3.05) is 19.6 Å². The van der Waals surface area contributed by atoms with Crippen LogP contribution in [0.1, 0.15) is 47.6 Å². The van der Waals surface area contributed by atoms with E-state index in [1.807, 2.05) is 17.0 Å². The summed E-state index contributed by atoms with van der Waals surface area (Å²) in [5.41, 5.74) is 1.01. The van der Waals surface area contributed by atoms with Crippen LogP contribution in [0.3, 0.4) is 0 Å². The quantitative estimate of drug-likeness (QED) is 0.629. The Hall–Kier alpha value is -2.28. The van der Waals surface area contributed by atoms with Crippen LogP contribution >= 0.6 is 15.9 Å². The van der Waals surface area contributed by atoms with Crippen molar-refractivity contribution in [2.45, 2.75) is 31.7 Å². The van der Waals surface area contributed by atoms with Crippen molar-refractivity contribution in [1.29, 1.82) is 0 Å². The second-order valence-corrected chi connectivity index (χ2v) is 8.85. The van der Waals surface area contributed by atoms with E-state index in [9.17, 15) is 18.4 Å². The van der Waals surface area contributed by atoms with Crippen LogP contribution in [0.4, 0.5) is 8.78 Å². The summed E-state index contributed by atoms with van der Waals surface area (Å²) in [4.78, 5) is 29.3. The summed E-state index contributed by atoms with van der Waals surface area (Å²) < 4.78 is 28.1. The summed E-state index contributed by atoms with van der Waals surface area (Å²) in [6.07, 6.45) is 3.04. The van der Waals surface area contributed by atoms with Crippen LogP contribution in [0, 0.1) is 17.6 Å². The van der Waals surface area contributed by atoms with Crippen molar-refractivity contribution < 1.29 is 18.4 Å². The smallest absolute Gasteiger partial charge is 0.256 e. The molecular formula is C23H23BrF2N2O2. The first-order valence-corrected chi connectivity index (χ1v) is 11.0. The second kappa shape index (κ2) is 8.84. The molecule has 2 aromatic carbocycles. The predicted octanol–water partition coefficient (Wildman–Crippen LogP) is 4.94. The van der Waals surface area contributed by atoms with Gasteiger partial charge in [0.25, 0.3) is 5.91 Å². The van der Waals surface area contributed by atoms with Gasteiger partial charge < -0.3 is 9.80 Å². The van der Waals surface area contributed by atoms with Crippen molar-refractivity contribution in [3.63, 3.8) is 0 Å². The number of carbonyl (C=O) groups is 2. The van der Waals surface area contributed by atoms with Crippen LogP contribution in [-0.4, -0.2) is 41.2 Å². The van der Waals surface area contributed by atoms with E-state index >= 15 is 0 Å². The van der Waals surface area contributed by atoms with Crippen LogP contribution in [0.2, 0.25) is 0 Å². The second-order valence-electron chi connectivity index (χ2n) is 7.93. The number of benzene rings is 2. The average molecular weight is 477 g/mol. The van der Waals surface area contributed by atoms with Crippen LogP contribution < -0.4 is 0 Å². The van der Waals surface area contributed by atoms with Crippen LogP contribution in [0.15, 0.2) is 46.9 Å². The molecule has 0 N–H and O–H groups in total. The highest BCUT2D eigenvalue weighted by molar-refractivity contribution is 9.10. The summed E-state index contributed by atoms with van der Waals surface area (Å²) in [5, 5.41) is 0. The van der Waals surface area contributed by atoms with Gasteiger partial charge in [0.1, 0.15) is 11.6 Å². The van der Waals surface area contributed by atoms with Crippen molar-refractivity contribution in [2.24, 2.45) is 5.92 Å². The zero-order valence-corrected chi connectivity index (χ0v) is 18.1. The largest absolute Gasteiger partial charge is 0.339 e. The van der Waals surface area contributed by atoms with Gasteiger partial charge in [-0.1, -0.05) is 28.1 Å². The maximum absolute atomic E-state index is 13.9. The summed E-state index contributed by atoms with van der Waals surface area (Å²) >= 11 is 3.45. The van der Waals surface area contributed by atoms with Gasteiger partial charge in [0.2, 0.25) is 5.91 Å². The minimum Gasteiger partial charge on any atom is -0.339 e. The van der Waals surface area contributed by atoms with Crippen molar-refractivity contribution in [1.82, 2.24) is 9.80 Å². The molecule has 4 nitrogen and oxygen atoms in total. The number of hydrogen-bond acceptors (Lipinski definition) is 2. The molecule has 1 unspecified atom stereocenters. The lowest BCUT2D eigenvalue weighted by molar-refractivity contribution is -0.137. The van der Waals surface area contributed by atoms with E-state index in [1.165, 1.54) is 6.07 Å². The molecule has 0 radical (unpaired) electrons. The van der Waals surface area contributed by atoms with Gasteiger partial charge in [0.05, 0.1) is 11.6 Å². The van der Waals surface area contributed by atoms with E-state index in [-0.39, 0.29) is 23.4 Å². The predicted molar refractivity (Wildman–Crippen MR) is 113 cm³/mol. The third-order valence-electron chi connectivity index (χ3n) is 6.08. The number of hydrogen-bond donors (Lipinski definition) is 0. The summed E-state index contributed by atoms with van der Waals surface area (Å²) in [6.45, 7) is 1.53. The summed E-state index contributed by atoms with van der Waals surface area (Å²) in [7, 11) is 0. The van der Waals surface area contributed by atoms with E-state index in [2.05, 4.69) is 28.1 Å². The number of piperidine rings is 1. The number of carbonyl (C=O) groups excluding carboxylic acids is 2. The molecule has 2 heterocycles. The van der Waals surface area contributed by atoms with Gasteiger partial charge in [-0.15, -0.1) is 0 Å². The molecule has 1 atom stereocenters. The molecule has 158 valence electrons. The minimum atomic E-state index is -0.854. The third-order valence-corrected chi connectivity index (χ3v) is 6.61. The number of halogens is 3. The number of nitrogens with zero attached hydrogens (tertiary/aromatic N) is 2.